The minimum atomic E-state index is -0.213. The molecular formula is C27H27N3O3. The summed E-state index contributed by atoms with van der Waals surface area (Å²) in [6, 6.07) is 28.7. The Hall–Kier alpha value is -4.11. The second-order valence-corrected chi connectivity index (χ2v) is 7.45. The molecule has 0 radical (unpaired) electrons. The van der Waals surface area contributed by atoms with Gasteiger partial charge in [0.1, 0.15) is 12.4 Å². The Labute approximate surface area is 194 Å². The van der Waals surface area contributed by atoms with Crippen molar-refractivity contribution in [3.8, 4) is 11.8 Å². The highest BCUT2D eigenvalue weighted by molar-refractivity contribution is 5.95. The van der Waals surface area contributed by atoms with Crippen molar-refractivity contribution in [2.75, 3.05) is 11.4 Å². The van der Waals surface area contributed by atoms with Crippen molar-refractivity contribution in [2.24, 2.45) is 0 Å². The van der Waals surface area contributed by atoms with Crippen molar-refractivity contribution < 1.29 is 14.3 Å². The first-order chi connectivity index (χ1) is 16.2. The van der Waals surface area contributed by atoms with Crippen LogP contribution in [0.5, 0.6) is 5.75 Å². The third-order valence-electron chi connectivity index (χ3n) is 5.07. The molecule has 0 aliphatic carbocycles. The summed E-state index contributed by atoms with van der Waals surface area (Å²) in [6.07, 6.45) is 0.368. The van der Waals surface area contributed by atoms with Gasteiger partial charge in [0.15, 0.2) is 0 Å². The number of hydrogen-bond donors (Lipinski definition) is 1. The van der Waals surface area contributed by atoms with Crippen LogP contribution in [0.1, 0.15) is 30.4 Å². The van der Waals surface area contributed by atoms with E-state index in [1.807, 2.05) is 84.9 Å². The standard InChI is InChI=1S/C27H27N3O3/c28-18-9-19-30(24-13-5-2-6-14-24)27(32)17-16-26(31)29-20-23-12-7-8-15-25(23)33-21-22-10-3-1-4-11-22/h1-8,10-15H,9,16-17,19-21H2,(H,29,31). The first-order valence-corrected chi connectivity index (χ1v) is 10.9. The van der Waals surface area contributed by atoms with Gasteiger partial charge in [0, 0.05) is 37.2 Å². The third-order valence-corrected chi connectivity index (χ3v) is 5.07. The number of benzene rings is 3. The van der Waals surface area contributed by atoms with E-state index in [4.69, 9.17) is 10.00 Å². The monoisotopic (exact) mass is 441 g/mol. The van der Waals surface area contributed by atoms with Crippen LogP contribution < -0.4 is 15.0 Å². The fourth-order valence-corrected chi connectivity index (χ4v) is 3.33. The lowest BCUT2D eigenvalue weighted by molar-refractivity contribution is -0.125. The van der Waals surface area contributed by atoms with E-state index in [1.165, 1.54) is 0 Å². The highest BCUT2D eigenvalue weighted by Crippen LogP contribution is 2.20. The number of rotatable bonds is 11. The molecule has 1 N–H and O–H groups in total. The Balaban J connectivity index is 1.51. The Morgan fingerprint density at radius 3 is 2.27 bits per heavy atom. The molecule has 0 unspecified atom stereocenters. The zero-order valence-corrected chi connectivity index (χ0v) is 18.4. The molecule has 0 bridgehead atoms. The fraction of sp³-hybridized carbons (Fsp3) is 0.222. The number of hydrogen-bond acceptors (Lipinski definition) is 4. The third kappa shape index (κ3) is 7.51. The van der Waals surface area contributed by atoms with Crippen molar-refractivity contribution in [1.82, 2.24) is 5.32 Å². The normalized spacial score (nSPS) is 10.2. The molecule has 0 aromatic heterocycles. The molecule has 6 nitrogen and oxygen atoms in total. The predicted octanol–water partition coefficient (Wildman–Crippen LogP) is 4.61. The lowest BCUT2D eigenvalue weighted by Crippen LogP contribution is -2.33. The van der Waals surface area contributed by atoms with E-state index in [1.54, 1.807) is 4.90 Å². The number of nitrogens with one attached hydrogen (secondary N) is 1. The fourth-order valence-electron chi connectivity index (χ4n) is 3.33. The summed E-state index contributed by atoms with van der Waals surface area (Å²) in [5, 5.41) is 11.8. The average Bonchev–Trinajstić information content (AvgIpc) is 2.87. The molecule has 3 aromatic carbocycles. The van der Waals surface area contributed by atoms with Crippen molar-refractivity contribution in [3.05, 3.63) is 96.1 Å². The van der Waals surface area contributed by atoms with Crippen molar-refractivity contribution in [2.45, 2.75) is 32.4 Å². The zero-order valence-electron chi connectivity index (χ0n) is 18.4. The van der Waals surface area contributed by atoms with Crippen LogP contribution in [0.3, 0.4) is 0 Å². The van der Waals surface area contributed by atoms with Crippen LogP contribution in [0.2, 0.25) is 0 Å². The highest BCUT2D eigenvalue weighted by Gasteiger charge is 2.17. The quantitative estimate of drug-likeness (QED) is 0.471. The van der Waals surface area contributed by atoms with Crippen molar-refractivity contribution in [1.29, 1.82) is 5.26 Å². The van der Waals surface area contributed by atoms with Gasteiger partial charge in [-0.1, -0.05) is 66.7 Å². The molecule has 2 amide bonds. The predicted molar refractivity (Wildman–Crippen MR) is 127 cm³/mol. The van der Waals surface area contributed by atoms with Gasteiger partial charge in [-0.25, -0.2) is 0 Å². The topological polar surface area (TPSA) is 82.4 Å². The number of amides is 2. The summed E-state index contributed by atoms with van der Waals surface area (Å²) in [6.45, 7) is 1.06. The molecule has 0 atom stereocenters. The molecule has 0 saturated carbocycles. The lowest BCUT2D eigenvalue weighted by atomic mass is 10.2. The van der Waals surface area contributed by atoms with Crippen LogP contribution in [-0.4, -0.2) is 18.4 Å². The van der Waals surface area contributed by atoms with Gasteiger partial charge in [-0.3, -0.25) is 9.59 Å². The number of ether oxygens (including phenoxy) is 1. The Morgan fingerprint density at radius 2 is 1.55 bits per heavy atom. The molecule has 33 heavy (non-hydrogen) atoms. The van der Waals surface area contributed by atoms with Gasteiger partial charge in [-0.15, -0.1) is 0 Å². The maximum atomic E-state index is 12.7. The summed E-state index contributed by atoms with van der Waals surface area (Å²) in [7, 11) is 0. The van der Waals surface area contributed by atoms with E-state index >= 15 is 0 Å². The van der Waals surface area contributed by atoms with E-state index in [0.29, 0.717) is 25.4 Å². The number of carbonyl (C=O) groups is 2. The Kier molecular flexibility index (Phi) is 9.04. The Bertz CT molecular complexity index is 1080. The van der Waals surface area contributed by atoms with Crippen molar-refractivity contribution in [3.63, 3.8) is 0 Å². The SMILES string of the molecule is N#CCCN(C(=O)CCC(=O)NCc1ccccc1OCc1ccccc1)c1ccccc1. The molecule has 0 aliphatic rings. The van der Waals surface area contributed by atoms with Crippen LogP contribution in [0.15, 0.2) is 84.9 Å². The minimum Gasteiger partial charge on any atom is -0.489 e. The summed E-state index contributed by atoms with van der Waals surface area (Å²) in [5.41, 5.74) is 2.66. The van der Waals surface area contributed by atoms with Gasteiger partial charge in [-0.05, 0) is 23.8 Å². The van der Waals surface area contributed by atoms with Crippen LogP contribution in [0.25, 0.3) is 0 Å². The molecule has 0 aliphatic heterocycles. The summed E-state index contributed by atoms with van der Waals surface area (Å²) in [5.74, 6) is 0.317. The van der Waals surface area contributed by atoms with Crippen LogP contribution in [0.4, 0.5) is 5.69 Å². The van der Waals surface area contributed by atoms with Gasteiger partial charge >= 0.3 is 0 Å². The molecule has 3 rings (SSSR count). The molecule has 0 heterocycles. The minimum absolute atomic E-state index is 0.0678. The smallest absolute Gasteiger partial charge is 0.227 e. The summed E-state index contributed by atoms with van der Waals surface area (Å²) in [4.78, 5) is 26.7. The second kappa shape index (κ2) is 12.7. The molecule has 0 spiro atoms. The van der Waals surface area contributed by atoms with E-state index < -0.39 is 0 Å². The van der Waals surface area contributed by atoms with Crippen LogP contribution in [0, 0.1) is 11.3 Å². The average molecular weight is 442 g/mol. The van der Waals surface area contributed by atoms with Crippen molar-refractivity contribution >= 4 is 17.5 Å². The number of para-hydroxylation sites is 2. The number of carbonyl (C=O) groups excluding carboxylic acids is 2. The number of nitriles is 1. The van der Waals surface area contributed by atoms with E-state index in [-0.39, 0.29) is 31.1 Å². The largest absolute Gasteiger partial charge is 0.489 e. The van der Waals surface area contributed by atoms with Gasteiger partial charge in [0.2, 0.25) is 11.8 Å². The van der Waals surface area contributed by atoms with Gasteiger partial charge in [-0.2, -0.15) is 5.26 Å². The maximum Gasteiger partial charge on any atom is 0.227 e. The molecule has 168 valence electrons. The van der Waals surface area contributed by atoms with E-state index in [2.05, 4.69) is 11.4 Å². The van der Waals surface area contributed by atoms with Crippen LogP contribution >= 0.6 is 0 Å². The van der Waals surface area contributed by atoms with E-state index in [9.17, 15) is 9.59 Å². The molecular weight excluding hydrogens is 414 g/mol. The first kappa shape index (κ1) is 23.6. The molecule has 3 aromatic rings. The Morgan fingerprint density at radius 1 is 0.879 bits per heavy atom. The summed E-state index contributed by atoms with van der Waals surface area (Å²) >= 11 is 0. The first-order valence-electron chi connectivity index (χ1n) is 10.9. The molecule has 6 heteroatoms. The van der Waals surface area contributed by atoms with E-state index in [0.717, 1.165) is 16.8 Å². The lowest BCUT2D eigenvalue weighted by Gasteiger charge is -2.21. The van der Waals surface area contributed by atoms with Crippen LogP contribution in [-0.2, 0) is 22.7 Å². The highest BCUT2D eigenvalue weighted by atomic mass is 16.5. The molecule has 0 fully saturated rings. The second-order valence-electron chi connectivity index (χ2n) is 7.45. The number of anilines is 1. The van der Waals surface area contributed by atoms with Gasteiger partial charge < -0.3 is 15.0 Å². The molecule has 0 saturated heterocycles. The zero-order chi connectivity index (χ0) is 23.3. The van der Waals surface area contributed by atoms with Gasteiger partial charge in [0.25, 0.3) is 0 Å². The van der Waals surface area contributed by atoms with Gasteiger partial charge in [0.05, 0.1) is 12.5 Å². The number of nitrogens with zero attached hydrogens (tertiary/aromatic N) is 2. The maximum absolute atomic E-state index is 12.7. The summed E-state index contributed by atoms with van der Waals surface area (Å²) < 4.78 is 5.93.